The first-order valence-corrected chi connectivity index (χ1v) is 7.27. The summed E-state index contributed by atoms with van der Waals surface area (Å²) < 4.78 is 2.67. The second-order valence-electron chi connectivity index (χ2n) is 5.15. The van der Waals surface area contributed by atoms with Gasteiger partial charge >= 0.3 is 0 Å². The molecule has 2 aromatic rings. The average Bonchev–Trinajstić information content (AvgIpc) is 2.81. The summed E-state index contributed by atoms with van der Waals surface area (Å²) in [5, 5.41) is 7.15. The smallest absolute Gasteiger partial charge is 0.195 e. The van der Waals surface area contributed by atoms with Crippen molar-refractivity contribution in [3.8, 4) is 11.5 Å². The molecule has 0 fully saturated rings. The van der Waals surface area contributed by atoms with Crippen LogP contribution in [0.5, 0.6) is 0 Å². The molecule has 6 heteroatoms. The Bertz CT molecular complexity index is 587. The highest BCUT2D eigenvalue weighted by Crippen LogP contribution is 2.14. The maximum Gasteiger partial charge on any atom is 0.195 e. The highest BCUT2D eigenvalue weighted by molar-refractivity contribution is 7.71. The summed E-state index contributed by atoms with van der Waals surface area (Å²) in [5.41, 5.74) is 0.845. The Labute approximate surface area is 124 Å². The molecule has 2 aromatic heterocycles. The van der Waals surface area contributed by atoms with Crippen molar-refractivity contribution in [2.45, 2.75) is 32.9 Å². The molecule has 0 amide bonds. The minimum atomic E-state index is 0.558. The Balaban J connectivity index is 2.09. The van der Waals surface area contributed by atoms with Crippen LogP contribution < -0.4 is 0 Å². The van der Waals surface area contributed by atoms with Crippen LogP contribution >= 0.6 is 12.2 Å². The van der Waals surface area contributed by atoms with E-state index in [-0.39, 0.29) is 0 Å². The van der Waals surface area contributed by atoms with Crippen LogP contribution in [0, 0.1) is 4.77 Å². The van der Waals surface area contributed by atoms with Gasteiger partial charge in [-0.25, -0.2) is 0 Å². The first kappa shape index (κ1) is 14.9. The molecule has 1 N–H and O–H groups in total. The fourth-order valence-corrected chi connectivity index (χ4v) is 2.18. The highest BCUT2D eigenvalue weighted by atomic mass is 32.1. The molecular weight excluding hydrogens is 270 g/mol. The van der Waals surface area contributed by atoms with Crippen molar-refractivity contribution in [2.24, 2.45) is 0 Å². The summed E-state index contributed by atoms with van der Waals surface area (Å²) in [6.45, 7) is 6.27. The van der Waals surface area contributed by atoms with Crippen LogP contribution in [0.15, 0.2) is 24.4 Å². The topological polar surface area (TPSA) is 49.7 Å². The third-order valence-corrected chi connectivity index (χ3v) is 3.74. The molecule has 0 aliphatic heterocycles. The van der Waals surface area contributed by atoms with E-state index >= 15 is 0 Å². The molecule has 0 aromatic carbocycles. The fourth-order valence-electron chi connectivity index (χ4n) is 1.95. The predicted molar refractivity (Wildman–Crippen MR) is 83.0 cm³/mol. The molecule has 0 bridgehead atoms. The van der Waals surface area contributed by atoms with Gasteiger partial charge in [0, 0.05) is 18.8 Å². The number of hydrogen-bond acceptors (Lipinski definition) is 4. The van der Waals surface area contributed by atoms with Crippen molar-refractivity contribution in [1.82, 2.24) is 24.6 Å². The van der Waals surface area contributed by atoms with Crippen molar-refractivity contribution in [1.29, 1.82) is 0 Å². The monoisotopic (exact) mass is 291 g/mol. The van der Waals surface area contributed by atoms with Gasteiger partial charge < -0.3 is 4.90 Å². The third-order valence-electron chi connectivity index (χ3n) is 3.43. The SMILES string of the molecule is CC(C)N(C)CCCn1c(-c2ccccn2)n[nH]c1=S. The molecule has 0 aliphatic carbocycles. The Morgan fingerprint density at radius 3 is 2.85 bits per heavy atom. The van der Waals surface area contributed by atoms with Crippen molar-refractivity contribution in [3.05, 3.63) is 29.2 Å². The first-order valence-electron chi connectivity index (χ1n) is 6.86. The summed E-state index contributed by atoms with van der Waals surface area (Å²) in [7, 11) is 2.14. The summed E-state index contributed by atoms with van der Waals surface area (Å²) in [5.74, 6) is 0.808. The molecule has 0 atom stereocenters. The molecule has 0 radical (unpaired) electrons. The Kier molecular flexibility index (Phi) is 5.03. The van der Waals surface area contributed by atoms with Gasteiger partial charge in [0.25, 0.3) is 0 Å². The lowest BCUT2D eigenvalue weighted by atomic mass is 10.3. The van der Waals surface area contributed by atoms with Crippen LogP contribution in [0.25, 0.3) is 11.5 Å². The number of nitrogens with one attached hydrogen (secondary N) is 1. The number of nitrogens with zero attached hydrogens (tertiary/aromatic N) is 4. The molecule has 2 heterocycles. The second-order valence-corrected chi connectivity index (χ2v) is 5.53. The minimum Gasteiger partial charge on any atom is -0.304 e. The molecule has 0 saturated carbocycles. The van der Waals surface area contributed by atoms with Gasteiger partial charge in [0.15, 0.2) is 10.6 Å². The number of aromatic amines is 1. The van der Waals surface area contributed by atoms with Gasteiger partial charge in [0.2, 0.25) is 0 Å². The van der Waals surface area contributed by atoms with Gasteiger partial charge in [-0.15, -0.1) is 0 Å². The van der Waals surface area contributed by atoms with Crippen LogP contribution in [0.4, 0.5) is 0 Å². The Hall–Kier alpha value is -1.53. The molecule has 2 rings (SSSR count). The summed E-state index contributed by atoms with van der Waals surface area (Å²) in [6, 6.07) is 6.35. The van der Waals surface area contributed by atoms with Crippen molar-refractivity contribution >= 4 is 12.2 Å². The molecule has 0 aliphatic rings. The lowest BCUT2D eigenvalue weighted by molar-refractivity contribution is 0.265. The van der Waals surface area contributed by atoms with E-state index in [2.05, 4.69) is 41.0 Å². The molecular formula is C14H21N5S. The molecule has 5 nitrogen and oxygen atoms in total. The van der Waals surface area contributed by atoms with E-state index in [4.69, 9.17) is 12.2 Å². The highest BCUT2D eigenvalue weighted by Gasteiger charge is 2.10. The summed E-state index contributed by atoms with van der Waals surface area (Å²) >= 11 is 5.31. The Morgan fingerprint density at radius 2 is 2.20 bits per heavy atom. The average molecular weight is 291 g/mol. The van der Waals surface area contributed by atoms with Crippen LogP contribution in [0.2, 0.25) is 0 Å². The maximum atomic E-state index is 5.31. The molecule has 108 valence electrons. The normalized spacial score (nSPS) is 11.4. The van der Waals surface area contributed by atoms with E-state index in [9.17, 15) is 0 Å². The van der Waals surface area contributed by atoms with Crippen LogP contribution in [0.1, 0.15) is 20.3 Å². The predicted octanol–water partition coefficient (Wildman–Crippen LogP) is 2.73. The lowest BCUT2D eigenvalue weighted by Gasteiger charge is -2.20. The van der Waals surface area contributed by atoms with E-state index < -0.39 is 0 Å². The van der Waals surface area contributed by atoms with Gasteiger partial charge in [0.1, 0.15) is 5.69 Å². The third kappa shape index (κ3) is 3.52. The second kappa shape index (κ2) is 6.76. The zero-order valence-electron chi connectivity index (χ0n) is 12.2. The number of rotatable bonds is 6. The van der Waals surface area contributed by atoms with E-state index in [0.29, 0.717) is 10.8 Å². The first-order chi connectivity index (χ1) is 9.59. The summed E-state index contributed by atoms with van der Waals surface area (Å²) in [6.07, 6.45) is 2.80. The number of pyridine rings is 1. The number of H-pyrrole nitrogens is 1. The Morgan fingerprint density at radius 1 is 1.40 bits per heavy atom. The molecule has 20 heavy (non-hydrogen) atoms. The summed E-state index contributed by atoms with van der Waals surface area (Å²) in [4.78, 5) is 6.66. The van der Waals surface area contributed by atoms with Crippen molar-refractivity contribution < 1.29 is 0 Å². The van der Waals surface area contributed by atoms with Gasteiger partial charge in [-0.2, -0.15) is 5.10 Å². The van der Waals surface area contributed by atoms with E-state index in [1.54, 1.807) is 6.20 Å². The van der Waals surface area contributed by atoms with Crippen LogP contribution in [-0.2, 0) is 6.54 Å². The van der Waals surface area contributed by atoms with E-state index in [1.165, 1.54) is 0 Å². The maximum absolute atomic E-state index is 5.31. The van der Waals surface area contributed by atoms with E-state index in [1.807, 2.05) is 22.8 Å². The lowest BCUT2D eigenvalue weighted by Crippen LogP contribution is -2.28. The van der Waals surface area contributed by atoms with Gasteiger partial charge in [0.05, 0.1) is 0 Å². The molecule has 0 spiro atoms. The minimum absolute atomic E-state index is 0.558. The van der Waals surface area contributed by atoms with E-state index in [0.717, 1.165) is 31.0 Å². The molecule has 0 unspecified atom stereocenters. The van der Waals surface area contributed by atoms with Crippen LogP contribution in [-0.4, -0.2) is 44.3 Å². The van der Waals surface area contributed by atoms with Gasteiger partial charge in [-0.3, -0.25) is 14.6 Å². The zero-order valence-corrected chi connectivity index (χ0v) is 13.0. The van der Waals surface area contributed by atoms with Crippen LogP contribution in [0.3, 0.4) is 0 Å². The quantitative estimate of drug-likeness (QED) is 0.831. The number of aromatic nitrogens is 4. The van der Waals surface area contributed by atoms with Crippen molar-refractivity contribution in [2.75, 3.05) is 13.6 Å². The standard InChI is InChI=1S/C14H21N5S/c1-11(2)18(3)9-6-10-19-13(16-17-14(19)20)12-7-4-5-8-15-12/h4-5,7-8,11H,6,9-10H2,1-3H3,(H,17,20). The van der Waals surface area contributed by atoms with Crippen molar-refractivity contribution in [3.63, 3.8) is 0 Å². The largest absolute Gasteiger partial charge is 0.304 e. The zero-order chi connectivity index (χ0) is 14.5. The van der Waals surface area contributed by atoms with Gasteiger partial charge in [-0.1, -0.05) is 6.07 Å². The fraction of sp³-hybridized carbons (Fsp3) is 0.500. The number of hydrogen-bond donors (Lipinski definition) is 1. The molecule has 0 saturated heterocycles. The van der Waals surface area contributed by atoms with Gasteiger partial charge in [-0.05, 0) is 58.2 Å².